The molecule has 1 heterocycles. The summed E-state index contributed by atoms with van der Waals surface area (Å²) in [5, 5.41) is 4.95. The highest BCUT2D eigenvalue weighted by atomic mass is 17.2. The average Bonchev–Trinajstić information content (AvgIpc) is 2.74. The van der Waals surface area contributed by atoms with Crippen LogP contribution in [-0.2, 0) is 14.5 Å². The second-order valence-corrected chi connectivity index (χ2v) is 7.70. The normalized spacial score (nSPS) is 22.3. The van der Waals surface area contributed by atoms with Crippen molar-refractivity contribution in [3.8, 4) is 0 Å². The Kier molecular flexibility index (Phi) is 4.24. The van der Waals surface area contributed by atoms with E-state index in [-0.39, 0.29) is 6.10 Å². The predicted octanol–water partition coefficient (Wildman–Crippen LogP) is 6.01. The lowest BCUT2D eigenvalue weighted by atomic mass is 9.93. The number of hydrogen-bond donors (Lipinski definition) is 0. The van der Waals surface area contributed by atoms with Gasteiger partial charge in [-0.1, -0.05) is 61.5 Å². The van der Waals surface area contributed by atoms with Crippen LogP contribution in [0.5, 0.6) is 0 Å². The molecule has 0 amide bonds. The Hall–Kier alpha value is -2.20. The standard InChI is InChI=1S/C24H24O3/c1-17(23-16-25-24(27-26-23)13-5-2-6-14-24)20-12-11-19-10-9-18-7-3-4-8-21(18)22(19)15-20/h3-4,7-12,15,23H,1-2,5-6,13-14,16H2. The molecular weight excluding hydrogens is 336 g/mol. The Labute approximate surface area is 159 Å². The molecule has 5 rings (SSSR count). The highest BCUT2D eigenvalue weighted by Gasteiger charge is 2.41. The minimum absolute atomic E-state index is 0.273. The van der Waals surface area contributed by atoms with Gasteiger partial charge in [0, 0.05) is 12.8 Å². The first-order chi connectivity index (χ1) is 13.2. The second-order valence-electron chi connectivity index (χ2n) is 7.70. The van der Waals surface area contributed by atoms with Gasteiger partial charge in [-0.05, 0) is 51.6 Å². The molecule has 3 heteroatoms. The van der Waals surface area contributed by atoms with Crippen LogP contribution >= 0.6 is 0 Å². The van der Waals surface area contributed by atoms with Gasteiger partial charge < -0.3 is 4.74 Å². The van der Waals surface area contributed by atoms with Crippen LogP contribution in [0, 0.1) is 0 Å². The minimum atomic E-state index is -0.533. The molecule has 3 aromatic carbocycles. The third kappa shape index (κ3) is 3.06. The SMILES string of the molecule is C=C(c1ccc2ccc3ccccc3c2c1)C1COC2(CCCCC2)OO1. The molecule has 3 aromatic rings. The van der Waals surface area contributed by atoms with E-state index in [1.165, 1.54) is 28.0 Å². The lowest BCUT2D eigenvalue weighted by molar-refractivity contribution is -0.483. The maximum absolute atomic E-state index is 6.11. The van der Waals surface area contributed by atoms with Gasteiger partial charge in [0.05, 0.1) is 6.61 Å². The molecule has 3 nitrogen and oxygen atoms in total. The highest BCUT2D eigenvalue weighted by Crippen LogP contribution is 2.38. The van der Waals surface area contributed by atoms with Gasteiger partial charge in [0.1, 0.15) is 6.10 Å². The van der Waals surface area contributed by atoms with E-state index in [2.05, 4.69) is 61.2 Å². The van der Waals surface area contributed by atoms with Crippen molar-refractivity contribution in [1.82, 2.24) is 0 Å². The molecule has 27 heavy (non-hydrogen) atoms. The van der Waals surface area contributed by atoms with E-state index in [0.717, 1.165) is 36.8 Å². The van der Waals surface area contributed by atoms with E-state index in [1.54, 1.807) is 0 Å². The summed E-state index contributed by atoms with van der Waals surface area (Å²) in [6.45, 7) is 4.78. The summed E-state index contributed by atoms with van der Waals surface area (Å²) >= 11 is 0. The quantitative estimate of drug-likeness (QED) is 0.413. The molecule has 2 aliphatic rings. The van der Waals surface area contributed by atoms with Gasteiger partial charge in [-0.3, -0.25) is 0 Å². The van der Waals surface area contributed by atoms with E-state index in [0.29, 0.717) is 6.61 Å². The molecule has 1 saturated carbocycles. The zero-order valence-electron chi connectivity index (χ0n) is 15.4. The third-order valence-corrected chi connectivity index (χ3v) is 5.94. The van der Waals surface area contributed by atoms with Crippen LogP contribution in [0.3, 0.4) is 0 Å². The van der Waals surface area contributed by atoms with Crippen molar-refractivity contribution in [1.29, 1.82) is 0 Å². The fourth-order valence-electron chi connectivity index (χ4n) is 4.29. The number of ether oxygens (including phenoxy) is 1. The molecule has 1 aliphatic heterocycles. The molecule has 0 bridgehead atoms. The van der Waals surface area contributed by atoms with Crippen LogP contribution in [0.1, 0.15) is 37.7 Å². The summed E-state index contributed by atoms with van der Waals surface area (Å²) in [6.07, 6.45) is 5.06. The Morgan fingerprint density at radius 1 is 0.889 bits per heavy atom. The van der Waals surface area contributed by atoms with Crippen molar-refractivity contribution >= 4 is 27.1 Å². The highest BCUT2D eigenvalue weighted by molar-refractivity contribution is 6.08. The first-order valence-corrected chi connectivity index (χ1v) is 9.83. The summed E-state index contributed by atoms with van der Waals surface area (Å²) in [6, 6.07) is 19.3. The molecule has 1 unspecified atom stereocenters. The second kappa shape index (κ2) is 6.75. The molecule has 0 aromatic heterocycles. The van der Waals surface area contributed by atoms with E-state index in [9.17, 15) is 0 Å². The van der Waals surface area contributed by atoms with Gasteiger partial charge in [-0.2, -0.15) is 0 Å². The summed E-state index contributed by atoms with van der Waals surface area (Å²) in [7, 11) is 0. The molecule has 0 radical (unpaired) electrons. The fraction of sp³-hybridized carbons (Fsp3) is 0.333. The first-order valence-electron chi connectivity index (χ1n) is 9.83. The zero-order valence-corrected chi connectivity index (χ0v) is 15.4. The number of hydrogen-bond acceptors (Lipinski definition) is 3. The molecule has 0 N–H and O–H groups in total. The van der Waals surface area contributed by atoms with Gasteiger partial charge in [-0.15, -0.1) is 0 Å². The summed E-state index contributed by atoms with van der Waals surface area (Å²) in [5.41, 5.74) is 1.96. The van der Waals surface area contributed by atoms with E-state index in [4.69, 9.17) is 14.5 Å². The summed E-state index contributed by atoms with van der Waals surface area (Å²) in [4.78, 5) is 11.5. The summed E-state index contributed by atoms with van der Waals surface area (Å²) in [5.74, 6) is -0.533. The topological polar surface area (TPSA) is 27.7 Å². The van der Waals surface area contributed by atoms with E-state index < -0.39 is 5.79 Å². The Morgan fingerprint density at radius 2 is 1.63 bits per heavy atom. The molecule has 138 valence electrons. The zero-order chi connectivity index (χ0) is 18.3. The lowest BCUT2D eigenvalue weighted by Gasteiger charge is -2.41. The smallest absolute Gasteiger partial charge is 0.201 e. The Bertz CT molecular complexity index is 991. The average molecular weight is 360 g/mol. The van der Waals surface area contributed by atoms with E-state index in [1.807, 2.05) is 0 Å². The van der Waals surface area contributed by atoms with Gasteiger partial charge in [-0.25, -0.2) is 9.78 Å². The van der Waals surface area contributed by atoms with Crippen LogP contribution in [0.15, 0.2) is 61.2 Å². The van der Waals surface area contributed by atoms with Crippen molar-refractivity contribution in [3.05, 3.63) is 66.7 Å². The maximum Gasteiger partial charge on any atom is 0.201 e. The van der Waals surface area contributed by atoms with Crippen LogP contribution in [0.25, 0.3) is 27.1 Å². The lowest BCUT2D eigenvalue weighted by Crippen LogP contribution is -2.46. The van der Waals surface area contributed by atoms with Crippen LogP contribution in [0.4, 0.5) is 0 Å². The monoisotopic (exact) mass is 360 g/mol. The molecule has 1 saturated heterocycles. The maximum atomic E-state index is 6.11. The van der Waals surface area contributed by atoms with Crippen molar-refractivity contribution < 1.29 is 14.5 Å². The minimum Gasteiger partial charge on any atom is -0.344 e. The van der Waals surface area contributed by atoms with Gasteiger partial charge in [0.15, 0.2) is 0 Å². The molecule has 1 spiro atoms. The summed E-state index contributed by atoms with van der Waals surface area (Å²) < 4.78 is 6.11. The van der Waals surface area contributed by atoms with Gasteiger partial charge >= 0.3 is 0 Å². The van der Waals surface area contributed by atoms with Crippen LogP contribution in [-0.4, -0.2) is 18.5 Å². The Balaban J connectivity index is 1.42. The Morgan fingerprint density at radius 3 is 2.41 bits per heavy atom. The number of benzene rings is 3. The number of fused-ring (bicyclic) bond motifs is 3. The van der Waals surface area contributed by atoms with Crippen molar-refractivity contribution in [3.63, 3.8) is 0 Å². The fourth-order valence-corrected chi connectivity index (χ4v) is 4.29. The van der Waals surface area contributed by atoms with Gasteiger partial charge in [0.25, 0.3) is 0 Å². The van der Waals surface area contributed by atoms with Gasteiger partial charge in [0.2, 0.25) is 5.79 Å². The van der Waals surface area contributed by atoms with Crippen molar-refractivity contribution in [2.75, 3.05) is 6.61 Å². The molecule has 1 aliphatic carbocycles. The third-order valence-electron chi connectivity index (χ3n) is 5.94. The van der Waals surface area contributed by atoms with E-state index >= 15 is 0 Å². The van der Waals surface area contributed by atoms with Crippen molar-refractivity contribution in [2.45, 2.75) is 44.0 Å². The molecular formula is C24H24O3. The number of rotatable bonds is 2. The largest absolute Gasteiger partial charge is 0.344 e. The van der Waals surface area contributed by atoms with Crippen LogP contribution in [0.2, 0.25) is 0 Å². The first kappa shape index (κ1) is 16.9. The predicted molar refractivity (Wildman–Crippen MR) is 108 cm³/mol. The van der Waals surface area contributed by atoms with Crippen molar-refractivity contribution in [2.24, 2.45) is 0 Å². The molecule has 1 atom stereocenters. The van der Waals surface area contributed by atoms with Crippen LogP contribution < -0.4 is 0 Å². The molecule has 2 fully saturated rings.